The summed E-state index contributed by atoms with van der Waals surface area (Å²) in [5.41, 5.74) is 5.97. The summed E-state index contributed by atoms with van der Waals surface area (Å²) in [6.45, 7) is 4.26. The van der Waals surface area contributed by atoms with Crippen molar-refractivity contribution in [3.05, 3.63) is 35.4 Å². The molecule has 100 valence electrons. The summed E-state index contributed by atoms with van der Waals surface area (Å²) in [7, 11) is 0. The molecular formula is C13H18F2N2O. The van der Waals surface area contributed by atoms with E-state index >= 15 is 0 Å². The normalized spacial score (nSPS) is 12.6. The largest absolute Gasteiger partial charge is 0.352 e. The maximum absolute atomic E-state index is 13.0. The van der Waals surface area contributed by atoms with E-state index in [2.05, 4.69) is 5.32 Å². The lowest BCUT2D eigenvalue weighted by molar-refractivity contribution is -0.121. The van der Waals surface area contributed by atoms with E-state index in [1.165, 1.54) is 6.07 Å². The molecule has 3 N–H and O–H groups in total. The Morgan fingerprint density at radius 3 is 2.50 bits per heavy atom. The Kier molecular flexibility index (Phi) is 5.22. The molecule has 0 fully saturated rings. The lowest BCUT2D eigenvalue weighted by atomic mass is 10.0. The minimum Gasteiger partial charge on any atom is -0.352 e. The summed E-state index contributed by atoms with van der Waals surface area (Å²) in [5.74, 6) is -1.88. The van der Waals surface area contributed by atoms with E-state index < -0.39 is 11.6 Å². The number of nitrogens with one attached hydrogen (secondary N) is 1. The van der Waals surface area contributed by atoms with Crippen LogP contribution >= 0.6 is 0 Å². The Morgan fingerprint density at radius 2 is 2.00 bits per heavy atom. The lowest BCUT2D eigenvalue weighted by Crippen LogP contribution is -2.44. The van der Waals surface area contributed by atoms with Gasteiger partial charge < -0.3 is 11.1 Å². The van der Waals surface area contributed by atoms with Crippen molar-refractivity contribution < 1.29 is 13.6 Å². The van der Waals surface area contributed by atoms with Crippen molar-refractivity contribution in [3.8, 4) is 0 Å². The van der Waals surface area contributed by atoms with Gasteiger partial charge in [0.1, 0.15) is 0 Å². The molecule has 0 heterocycles. The van der Waals surface area contributed by atoms with Crippen LogP contribution in [0.1, 0.15) is 19.4 Å². The predicted molar refractivity (Wildman–Crippen MR) is 65.9 cm³/mol. The molecule has 0 aliphatic rings. The van der Waals surface area contributed by atoms with E-state index in [1.807, 2.05) is 13.8 Å². The Hall–Kier alpha value is -1.49. The highest BCUT2D eigenvalue weighted by atomic mass is 19.2. The topological polar surface area (TPSA) is 55.1 Å². The molecule has 3 nitrogen and oxygen atoms in total. The predicted octanol–water partition coefficient (Wildman–Crippen LogP) is 1.61. The summed E-state index contributed by atoms with van der Waals surface area (Å²) in [6.07, 6.45) is 0.0143. The van der Waals surface area contributed by atoms with Crippen LogP contribution in [-0.4, -0.2) is 18.5 Å². The third-order valence-electron chi connectivity index (χ3n) is 2.75. The molecule has 0 radical (unpaired) electrons. The van der Waals surface area contributed by atoms with Crippen molar-refractivity contribution in [2.24, 2.45) is 11.7 Å². The quantitative estimate of drug-likeness (QED) is 0.841. The molecule has 1 aromatic rings. The van der Waals surface area contributed by atoms with Crippen molar-refractivity contribution in [3.63, 3.8) is 0 Å². The van der Waals surface area contributed by atoms with Crippen LogP contribution in [-0.2, 0) is 11.2 Å². The zero-order valence-corrected chi connectivity index (χ0v) is 10.5. The van der Waals surface area contributed by atoms with Crippen LogP contribution in [0.5, 0.6) is 0 Å². The van der Waals surface area contributed by atoms with E-state index in [0.29, 0.717) is 12.1 Å². The molecule has 0 spiro atoms. The van der Waals surface area contributed by atoms with E-state index in [0.717, 1.165) is 12.1 Å². The number of carbonyl (C=O) groups excluding carboxylic acids is 1. The maximum Gasteiger partial charge on any atom is 0.224 e. The molecule has 0 aliphatic carbocycles. The zero-order chi connectivity index (χ0) is 13.7. The van der Waals surface area contributed by atoms with Crippen LogP contribution in [0.4, 0.5) is 8.78 Å². The fourth-order valence-electron chi connectivity index (χ4n) is 1.59. The third-order valence-corrected chi connectivity index (χ3v) is 2.75. The van der Waals surface area contributed by atoms with E-state index in [-0.39, 0.29) is 24.3 Å². The van der Waals surface area contributed by atoms with Crippen molar-refractivity contribution in [2.45, 2.75) is 26.3 Å². The second-order valence-corrected chi connectivity index (χ2v) is 4.58. The van der Waals surface area contributed by atoms with Gasteiger partial charge in [-0.2, -0.15) is 0 Å². The summed E-state index contributed by atoms with van der Waals surface area (Å²) < 4.78 is 25.7. The summed E-state index contributed by atoms with van der Waals surface area (Å²) >= 11 is 0. The van der Waals surface area contributed by atoms with Crippen molar-refractivity contribution in [1.29, 1.82) is 0 Å². The van der Waals surface area contributed by atoms with Gasteiger partial charge in [0.05, 0.1) is 6.42 Å². The van der Waals surface area contributed by atoms with Gasteiger partial charge in [-0.1, -0.05) is 19.9 Å². The molecule has 0 aliphatic heterocycles. The SMILES string of the molecule is CC(C)C(CN)NC(=O)Cc1ccc(F)c(F)c1. The van der Waals surface area contributed by atoms with Crippen LogP contribution in [0.2, 0.25) is 0 Å². The molecule has 1 amide bonds. The first-order valence-corrected chi connectivity index (χ1v) is 5.87. The van der Waals surface area contributed by atoms with E-state index in [1.54, 1.807) is 0 Å². The molecule has 1 rings (SSSR count). The molecule has 0 saturated heterocycles. The van der Waals surface area contributed by atoms with Crippen LogP contribution in [0.25, 0.3) is 0 Å². The Balaban J connectivity index is 2.61. The average Bonchev–Trinajstić information content (AvgIpc) is 2.30. The van der Waals surface area contributed by atoms with E-state index in [9.17, 15) is 13.6 Å². The number of nitrogens with two attached hydrogens (primary N) is 1. The Labute approximate surface area is 105 Å². The summed E-state index contributed by atoms with van der Waals surface area (Å²) in [4.78, 5) is 11.7. The van der Waals surface area contributed by atoms with Crippen LogP contribution < -0.4 is 11.1 Å². The Morgan fingerprint density at radius 1 is 1.33 bits per heavy atom. The minimum atomic E-state index is -0.945. The fourth-order valence-corrected chi connectivity index (χ4v) is 1.59. The zero-order valence-electron chi connectivity index (χ0n) is 10.5. The average molecular weight is 256 g/mol. The van der Waals surface area contributed by atoms with Crippen LogP contribution in [0, 0.1) is 17.6 Å². The molecule has 0 aromatic heterocycles. The number of benzene rings is 1. The van der Waals surface area contributed by atoms with Gasteiger partial charge in [-0.15, -0.1) is 0 Å². The third kappa shape index (κ3) is 4.07. The van der Waals surface area contributed by atoms with Gasteiger partial charge in [0.2, 0.25) is 5.91 Å². The number of carbonyl (C=O) groups is 1. The number of hydrogen-bond acceptors (Lipinski definition) is 2. The van der Waals surface area contributed by atoms with Gasteiger partial charge in [-0.25, -0.2) is 8.78 Å². The monoisotopic (exact) mass is 256 g/mol. The number of hydrogen-bond donors (Lipinski definition) is 2. The second kappa shape index (κ2) is 6.44. The highest BCUT2D eigenvalue weighted by Crippen LogP contribution is 2.09. The first kappa shape index (κ1) is 14.6. The highest BCUT2D eigenvalue weighted by molar-refractivity contribution is 5.78. The van der Waals surface area contributed by atoms with Crippen molar-refractivity contribution in [1.82, 2.24) is 5.32 Å². The van der Waals surface area contributed by atoms with Gasteiger partial charge in [0.25, 0.3) is 0 Å². The maximum atomic E-state index is 13.0. The van der Waals surface area contributed by atoms with Crippen LogP contribution in [0.3, 0.4) is 0 Å². The van der Waals surface area contributed by atoms with Gasteiger partial charge in [0.15, 0.2) is 11.6 Å². The minimum absolute atomic E-state index is 0.0143. The van der Waals surface area contributed by atoms with Gasteiger partial charge in [0, 0.05) is 12.6 Å². The molecule has 1 unspecified atom stereocenters. The molecule has 1 aromatic carbocycles. The molecule has 0 bridgehead atoms. The van der Waals surface area contributed by atoms with Crippen LogP contribution in [0.15, 0.2) is 18.2 Å². The molecule has 5 heteroatoms. The van der Waals surface area contributed by atoms with E-state index in [4.69, 9.17) is 5.73 Å². The first-order chi connectivity index (χ1) is 8.43. The number of halogens is 2. The van der Waals surface area contributed by atoms with Crippen molar-refractivity contribution >= 4 is 5.91 Å². The molecule has 1 atom stereocenters. The molecule has 0 saturated carbocycles. The molecular weight excluding hydrogens is 238 g/mol. The lowest BCUT2D eigenvalue weighted by Gasteiger charge is -2.20. The smallest absolute Gasteiger partial charge is 0.224 e. The Bertz CT molecular complexity index is 421. The number of rotatable bonds is 5. The highest BCUT2D eigenvalue weighted by Gasteiger charge is 2.15. The number of amides is 1. The summed E-state index contributed by atoms with van der Waals surface area (Å²) in [6, 6.07) is 3.33. The van der Waals surface area contributed by atoms with Gasteiger partial charge in [-0.05, 0) is 23.6 Å². The standard InChI is InChI=1S/C13H18F2N2O/c1-8(2)12(7-16)17-13(18)6-9-3-4-10(14)11(15)5-9/h3-5,8,12H,6-7,16H2,1-2H3,(H,17,18). The fraction of sp³-hybridized carbons (Fsp3) is 0.462. The second-order valence-electron chi connectivity index (χ2n) is 4.58. The summed E-state index contributed by atoms with van der Waals surface area (Å²) in [5, 5.41) is 2.77. The molecule has 18 heavy (non-hydrogen) atoms. The first-order valence-electron chi connectivity index (χ1n) is 5.87. The van der Waals surface area contributed by atoms with Crippen molar-refractivity contribution in [2.75, 3.05) is 6.54 Å². The van der Waals surface area contributed by atoms with Gasteiger partial charge in [-0.3, -0.25) is 4.79 Å². The van der Waals surface area contributed by atoms with Gasteiger partial charge >= 0.3 is 0 Å².